The van der Waals surface area contributed by atoms with Gasteiger partial charge in [-0.2, -0.15) is 0 Å². The number of nitrogen functional groups attached to an aromatic ring is 1. The number of anilines is 2. The van der Waals surface area contributed by atoms with E-state index in [9.17, 15) is 0 Å². The maximum Gasteiger partial charge on any atom is 0.0747 e. The predicted molar refractivity (Wildman–Crippen MR) is 79.8 cm³/mol. The first-order chi connectivity index (χ1) is 8.49. The van der Waals surface area contributed by atoms with E-state index >= 15 is 0 Å². The third-order valence-electron chi connectivity index (χ3n) is 3.40. The van der Waals surface area contributed by atoms with Crippen molar-refractivity contribution in [2.24, 2.45) is 0 Å². The second-order valence-corrected chi connectivity index (χ2v) is 5.76. The number of nitrogens with zero attached hydrogens (tertiary/aromatic N) is 2. The molecular formula is C13H19Cl2N3. The number of hydrogen-bond acceptors (Lipinski definition) is 3. The summed E-state index contributed by atoms with van der Waals surface area (Å²) in [6.07, 6.45) is 0. The van der Waals surface area contributed by atoms with Gasteiger partial charge in [0.2, 0.25) is 0 Å². The van der Waals surface area contributed by atoms with E-state index < -0.39 is 0 Å². The summed E-state index contributed by atoms with van der Waals surface area (Å²) in [6.45, 7) is 8.41. The fraction of sp³-hybridized carbons (Fsp3) is 0.538. The van der Waals surface area contributed by atoms with E-state index in [4.69, 9.17) is 28.9 Å². The Kier molecular flexibility index (Phi) is 4.25. The van der Waals surface area contributed by atoms with E-state index in [0.717, 1.165) is 31.9 Å². The van der Waals surface area contributed by atoms with Crippen LogP contribution in [0.1, 0.15) is 13.8 Å². The second-order valence-electron chi connectivity index (χ2n) is 4.95. The molecule has 1 saturated heterocycles. The van der Waals surface area contributed by atoms with Crippen molar-refractivity contribution in [2.45, 2.75) is 19.9 Å². The SMILES string of the molecule is CC(C)N1CCN(c2c(Cl)cc(N)cc2Cl)CC1. The normalized spacial score (nSPS) is 17.5. The molecule has 1 fully saturated rings. The highest BCUT2D eigenvalue weighted by atomic mass is 35.5. The molecule has 1 aromatic rings. The number of piperazine rings is 1. The summed E-state index contributed by atoms with van der Waals surface area (Å²) in [7, 11) is 0. The summed E-state index contributed by atoms with van der Waals surface area (Å²) >= 11 is 12.5. The number of hydrogen-bond donors (Lipinski definition) is 1. The van der Waals surface area contributed by atoms with Gasteiger partial charge in [-0.25, -0.2) is 0 Å². The monoisotopic (exact) mass is 287 g/mol. The number of halogens is 2. The van der Waals surface area contributed by atoms with Gasteiger partial charge in [0.25, 0.3) is 0 Å². The molecule has 0 unspecified atom stereocenters. The fourth-order valence-corrected chi connectivity index (χ4v) is 3.09. The molecular weight excluding hydrogens is 269 g/mol. The van der Waals surface area contributed by atoms with Gasteiger partial charge in [-0.1, -0.05) is 23.2 Å². The van der Waals surface area contributed by atoms with Crippen molar-refractivity contribution in [3.63, 3.8) is 0 Å². The fourth-order valence-electron chi connectivity index (χ4n) is 2.35. The lowest BCUT2D eigenvalue weighted by Crippen LogP contribution is -2.49. The molecule has 3 nitrogen and oxygen atoms in total. The zero-order valence-electron chi connectivity index (χ0n) is 10.8. The van der Waals surface area contributed by atoms with Crippen LogP contribution < -0.4 is 10.6 Å². The third kappa shape index (κ3) is 2.85. The molecule has 18 heavy (non-hydrogen) atoms. The maximum absolute atomic E-state index is 6.25. The Bertz CT molecular complexity index is 403. The molecule has 0 bridgehead atoms. The number of rotatable bonds is 2. The van der Waals surface area contributed by atoms with Crippen LogP contribution in [0.15, 0.2) is 12.1 Å². The Morgan fingerprint density at radius 3 is 2.00 bits per heavy atom. The minimum atomic E-state index is 0.588. The Balaban J connectivity index is 2.15. The van der Waals surface area contributed by atoms with Gasteiger partial charge >= 0.3 is 0 Å². The van der Waals surface area contributed by atoms with Gasteiger partial charge < -0.3 is 10.6 Å². The van der Waals surface area contributed by atoms with Crippen molar-refractivity contribution in [2.75, 3.05) is 36.8 Å². The molecule has 0 atom stereocenters. The highest BCUT2D eigenvalue weighted by molar-refractivity contribution is 6.39. The van der Waals surface area contributed by atoms with Gasteiger partial charge in [-0.05, 0) is 26.0 Å². The standard InChI is InChI=1S/C13H19Cl2N3/c1-9(2)17-3-5-18(6-4-17)13-11(14)7-10(16)8-12(13)15/h7-9H,3-6,16H2,1-2H3. The first kappa shape index (κ1) is 13.8. The minimum Gasteiger partial charge on any atom is -0.399 e. The van der Waals surface area contributed by atoms with Crippen LogP contribution in [0.2, 0.25) is 10.0 Å². The molecule has 2 rings (SSSR count). The molecule has 0 saturated carbocycles. The van der Waals surface area contributed by atoms with Crippen LogP contribution in [-0.2, 0) is 0 Å². The molecule has 1 aliphatic rings. The van der Waals surface area contributed by atoms with Crippen LogP contribution >= 0.6 is 23.2 Å². The van der Waals surface area contributed by atoms with E-state index in [1.807, 2.05) is 0 Å². The Labute approximate surface area is 118 Å². The Hall–Kier alpha value is -0.640. The average molecular weight is 288 g/mol. The van der Waals surface area contributed by atoms with Crippen LogP contribution in [0.3, 0.4) is 0 Å². The third-order valence-corrected chi connectivity index (χ3v) is 3.98. The van der Waals surface area contributed by atoms with Crippen molar-refractivity contribution >= 4 is 34.6 Å². The molecule has 2 N–H and O–H groups in total. The predicted octanol–water partition coefficient (Wildman–Crippen LogP) is 3.11. The molecule has 5 heteroatoms. The second kappa shape index (κ2) is 5.55. The Morgan fingerprint density at radius 2 is 1.56 bits per heavy atom. The zero-order valence-corrected chi connectivity index (χ0v) is 12.3. The maximum atomic E-state index is 6.25. The molecule has 1 aliphatic heterocycles. The number of nitrogens with two attached hydrogens (primary N) is 1. The lowest BCUT2D eigenvalue weighted by molar-refractivity contribution is 0.209. The van der Waals surface area contributed by atoms with Crippen LogP contribution in [0.5, 0.6) is 0 Å². The largest absolute Gasteiger partial charge is 0.399 e. The number of benzene rings is 1. The van der Waals surface area contributed by atoms with Crippen molar-refractivity contribution < 1.29 is 0 Å². The van der Waals surface area contributed by atoms with Crippen molar-refractivity contribution in [1.82, 2.24) is 4.90 Å². The van der Waals surface area contributed by atoms with Gasteiger partial charge in [0.15, 0.2) is 0 Å². The quantitative estimate of drug-likeness (QED) is 0.849. The van der Waals surface area contributed by atoms with Crippen LogP contribution in [-0.4, -0.2) is 37.1 Å². The van der Waals surface area contributed by atoms with Crippen molar-refractivity contribution in [3.05, 3.63) is 22.2 Å². The summed E-state index contributed by atoms with van der Waals surface area (Å²) in [5.41, 5.74) is 7.24. The van der Waals surface area contributed by atoms with E-state index in [1.165, 1.54) is 0 Å². The highest BCUT2D eigenvalue weighted by Crippen LogP contribution is 2.36. The van der Waals surface area contributed by atoms with Gasteiger partial charge in [0.05, 0.1) is 15.7 Å². The minimum absolute atomic E-state index is 0.588. The van der Waals surface area contributed by atoms with Crippen LogP contribution in [0.25, 0.3) is 0 Å². The molecule has 1 aromatic carbocycles. The highest BCUT2D eigenvalue weighted by Gasteiger charge is 2.22. The van der Waals surface area contributed by atoms with E-state index in [0.29, 0.717) is 21.8 Å². The lowest BCUT2D eigenvalue weighted by atomic mass is 10.2. The molecule has 0 aromatic heterocycles. The van der Waals surface area contributed by atoms with Gasteiger partial charge in [-0.15, -0.1) is 0 Å². The molecule has 1 heterocycles. The first-order valence-electron chi connectivity index (χ1n) is 6.22. The molecule has 0 amide bonds. The van der Waals surface area contributed by atoms with Crippen LogP contribution in [0.4, 0.5) is 11.4 Å². The lowest BCUT2D eigenvalue weighted by Gasteiger charge is -2.38. The summed E-state index contributed by atoms with van der Waals surface area (Å²) < 4.78 is 0. The molecule has 0 aliphatic carbocycles. The summed E-state index contributed by atoms with van der Waals surface area (Å²) in [6, 6.07) is 4.11. The van der Waals surface area contributed by atoms with Crippen molar-refractivity contribution in [1.29, 1.82) is 0 Å². The molecule has 100 valence electrons. The topological polar surface area (TPSA) is 32.5 Å². The average Bonchev–Trinajstić information content (AvgIpc) is 2.28. The van der Waals surface area contributed by atoms with Crippen LogP contribution in [0, 0.1) is 0 Å². The smallest absolute Gasteiger partial charge is 0.0747 e. The van der Waals surface area contributed by atoms with Crippen molar-refractivity contribution in [3.8, 4) is 0 Å². The van der Waals surface area contributed by atoms with Gasteiger partial charge in [0, 0.05) is 37.9 Å². The summed E-state index contributed by atoms with van der Waals surface area (Å²) in [5.74, 6) is 0. The first-order valence-corrected chi connectivity index (χ1v) is 6.98. The molecule has 0 spiro atoms. The zero-order chi connectivity index (χ0) is 13.3. The summed E-state index contributed by atoms with van der Waals surface area (Å²) in [4.78, 5) is 4.69. The Morgan fingerprint density at radius 1 is 1.06 bits per heavy atom. The van der Waals surface area contributed by atoms with E-state index in [1.54, 1.807) is 12.1 Å². The van der Waals surface area contributed by atoms with E-state index in [2.05, 4.69) is 23.6 Å². The molecule has 0 radical (unpaired) electrons. The van der Waals surface area contributed by atoms with Gasteiger partial charge in [-0.3, -0.25) is 4.90 Å². The summed E-state index contributed by atoms with van der Waals surface area (Å²) in [5, 5.41) is 1.27. The van der Waals surface area contributed by atoms with E-state index in [-0.39, 0.29) is 0 Å². The van der Waals surface area contributed by atoms with Gasteiger partial charge in [0.1, 0.15) is 0 Å².